The minimum atomic E-state index is 0.851. The lowest BCUT2D eigenvalue weighted by molar-refractivity contribution is 0.416. The minimum absolute atomic E-state index is 0.851. The van der Waals surface area contributed by atoms with Crippen molar-refractivity contribution in [1.29, 1.82) is 0 Å². The molecular formula is C9H13NOS. The smallest absolute Gasteiger partial charge is 0.142 e. The largest absolute Gasteiger partial charge is 0.495 e. The molecule has 0 saturated carbocycles. The maximum Gasteiger partial charge on any atom is 0.142 e. The van der Waals surface area contributed by atoms with Crippen LogP contribution in [0.1, 0.15) is 6.92 Å². The molecule has 0 amide bonds. The van der Waals surface area contributed by atoms with E-state index in [-0.39, 0.29) is 0 Å². The molecule has 0 atom stereocenters. The van der Waals surface area contributed by atoms with Crippen LogP contribution in [0.15, 0.2) is 24.3 Å². The number of hydrogen-bond donors (Lipinski definition) is 1. The Bertz CT molecular complexity index is 252. The first kappa shape index (κ1) is 9.26. The lowest BCUT2D eigenvalue weighted by Crippen LogP contribution is -2.09. The van der Waals surface area contributed by atoms with Crippen molar-refractivity contribution in [3.05, 3.63) is 24.3 Å². The van der Waals surface area contributed by atoms with E-state index in [2.05, 4.69) is 12.8 Å². The molecule has 3 heteroatoms. The van der Waals surface area contributed by atoms with Crippen molar-refractivity contribution in [2.45, 2.75) is 6.92 Å². The fraction of sp³-hybridized carbons (Fsp3) is 0.333. The van der Waals surface area contributed by atoms with E-state index in [1.807, 2.05) is 35.5 Å². The molecule has 0 aliphatic heterocycles. The van der Waals surface area contributed by atoms with Gasteiger partial charge in [0.15, 0.2) is 0 Å². The molecule has 0 aliphatic carbocycles. The van der Waals surface area contributed by atoms with Gasteiger partial charge in [-0.05, 0) is 19.1 Å². The Kier molecular flexibility index (Phi) is 3.29. The van der Waals surface area contributed by atoms with E-state index in [0.717, 1.165) is 18.0 Å². The molecule has 0 fully saturated rings. The first-order valence-corrected chi connectivity index (χ1v) is 4.29. The molecule has 0 aromatic heterocycles. The zero-order valence-electron chi connectivity index (χ0n) is 7.32. The molecule has 0 spiro atoms. The standard InChI is InChI=1S/C9H13NOS/c1-3-10(12)8-6-4-5-7-9(8)11-2/h4-7,12H,3H2,1-2H3. The Morgan fingerprint density at radius 3 is 2.67 bits per heavy atom. The van der Waals surface area contributed by atoms with Gasteiger partial charge in [-0.2, -0.15) is 0 Å². The topological polar surface area (TPSA) is 12.5 Å². The highest BCUT2D eigenvalue weighted by Gasteiger charge is 2.04. The first-order valence-electron chi connectivity index (χ1n) is 3.89. The number of rotatable bonds is 3. The van der Waals surface area contributed by atoms with E-state index in [1.54, 1.807) is 7.11 Å². The van der Waals surface area contributed by atoms with Gasteiger partial charge in [-0.3, -0.25) is 0 Å². The van der Waals surface area contributed by atoms with Crippen LogP contribution in [0.3, 0.4) is 0 Å². The van der Waals surface area contributed by atoms with Gasteiger partial charge in [-0.1, -0.05) is 24.9 Å². The summed E-state index contributed by atoms with van der Waals surface area (Å²) in [4.78, 5) is 0. The number of anilines is 1. The van der Waals surface area contributed by atoms with Gasteiger partial charge in [0.05, 0.1) is 12.8 Å². The Balaban J connectivity index is 2.96. The highest BCUT2D eigenvalue weighted by atomic mass is 32.1. The molecule has 0 bridgehead atoms. The van der Waals surface area contributed by atoms with Gasteiger partial charge in [0.1, 0.15) is 5.75 Å². The van der Waals surface area contributed by atoms with Gasteiger partial charge in [-0.25, -0.2) is 0 Å². The molecule has 0 heterocycles. The van der Waals surface area contributed by atoms with Gasteiger partial charge >= 0.3 is 0 Å². The summed E-state index contributed by atoms with van der Waals surface area (Å²) in [5, 5.41) is 0. The first-order chi connectivity index (χ1) is 5.79. The van der Waals surface area contributed by atoms with Crippen molar-refractivity contribution < 1.29 is 4.74 Å². The van der Waals surface area contributed by atoms with Crippen molar-refractivity contribution in [3.63, 3.8) is 0 Å². The summed E-state index contributed by atoms with van der Waals surface area (Å²) in [6.45, 7) is 2.89. The maximum atomic E-state index is 5.18. The number of ether oxygens (including phenoxy) is 1. The zero-order valence-corrected chi connectivity index (χ0v) is 8.21. The predicted octanol–water partition coefficient (Wildman–Crippen LogP) is 2.37. The summed E-state index contributed by atoms with van der Waals surface area (Å²) in [5.74, 6) is 0.856. The van der Waals surface area contributed by atoms with E-state index in [9.17, 15) is 0 Å². The lowest BCUT2D eigenvalue weighted by atomic mass is 10.3. The monoisotopic (exact) mass is 183 g/mol. The Morgan fingerprint density at radius 2 is 2.08 bits per heavy atom. The minimum Gasteiger partial charge on any atom is -0.495 e. The van der Waals surface area contributed by atoms with Crippen LogP contribution < -0.4 is 9.04 Å². The molecule has 1 rings (SSSR count). The molecule has 0 N–H and O–H groups in total. The number of methoxy groups -OCH3 is 1. The summed E-state index contributed by atoms with van der Waals surface area (Å²) < 4.78 is 7.02. The molecule has 2 nitrogen and oxygen atoms in total. The highest BCUT2D eigenvalue weighted by molar-refractivity contribution is 7.81. The van der Waals surface area contributed by atoms with Crippen molar-refractivity contribution in [2.24, 2.45) is 0 Å². The Hall–Kier alpha value is -0.830. The van der Waals surface area contributed by atoms with Crippen LogP contribution in [0.5, 0.6) is 5.75 Å². The normalized spacial score (nSPS) is 9.58. The summed E-state index contributed by atoms with van der Waals surface area (Å²) in [6, 6.07) is 7.82. The van der Waals surface area contributed by atoms with Crippen LogP contribution in [-0.2, 0) is 0 Å². The number of para-hydroxylation sites is 2. The number of hydrogen-bond acceptors (Lipinski definition) is 3. The predicted molar refractivity (Wildman–Crippen MR) is 55.0 cm³/mol. The van der Waals surface area contributed by atoms with E-state index >= 15 is 0 Å². The number of thiol groups is 1. The van der Waals surface area contributed by atoms with Crippen molar-refractivity contribution >= 4 is 18.5 Å². The molecule has 0 radical (unpaired) electrons. The van der Waals surface area contributed by atoms with Gasteiger partial charge in [0, 0.05) is 6.54 Å². The second kappa shape index (κ2) is 4.26. The van der Waals surface area contributed by atoms with E-state index < -0.39 is 0 Å². The average Bonchev–Trinajstić information content (AvgIpc) is 2.16. The fourth-order valence-corrected chi connectivity index (χ4v) is 1.18. The van der Waals surface area contributed by atoms with Crippen molar-refractivity contribution in [1.82, 2.24) is 0 Å². The molecular weight excluding hydrogens is 170 g/mol. The maximum absolute atomic E-state index is 5.18. The second-order valence-corrected chi connectivity index (χ2v) is 2.87. The molecule has 0 unspecified atom stereocenters. The van der Waals surface area contributed by atoms with Gasteiger partial charge in [-0.15, -0.1) is 0 Å². The number of benzene rings is 1. The van der Waals surface area contributed by atoms with E-state index in [0.29, 0.717) is 0 Å². The van der Waals surface area contributed by atoms with Crippen LogP contribution >= 0.6 is 12.8 Å². The second-order valence-electron chi connectivity index (χ2n) is 2.39. The zero-order chi connectivity index (χ0) is 8.97. The third kappa shape index (κ3) is 1.85. The quantitative estimate of drug-likeness (QED) is 0.722. The SMILES string of the molecule is CCN(S)c1ccccc1OC. The molecule has 0 aliphatic rings. The summed E-state index contributed by atoms with van der Waals surface area (Å²) in [7, 11) is 1.66. The average molecular weight is 183 g/mol. The third-order valence-electron chi connectivity index (χ3n) is 1.66. The Labute approximate surface area is 78.7 Å². The highest BCUT2D eigenvalue weighted by Crippen LogP contribution is 2.28. The van der Waals surface area contributed by atoms with Crippen molar-refractivity contribution in [2.75, 3.05) is 18.0 Å². The van der Waals surface area contributed by atoms with Crippen LogP contribution in [0.2, 0.25) is 0 Å². The van der Waals surface area contributed by atoms with Crippen LogP contribution in [0.4, 0.5) is 5.69 Å². The molecule has 1 aromatic carbocycles. The van der Waals surface area contributed by atoms with Gasteiger partial charge in [0.25, 0.3) is 0 Å². The van der Waals surface area contributed by atoms with Gasteiger partial charge < -0.3 is 9.04 Å². The van der Waals surface area contributed by atoms with E-state index in [4.69, 9.17) is 4.74 Å². The van der Waals surface area contributed by atoms with Crippen LogP contribution in [0, 0.1) is 0 Å². The third-order valence-corrected chi connectivity index (χ3v) is 2.16. The fourth-order valence-electron chi connectivity index (χ4n) is 1.01. The summed E-state index contributed by atoms with van der Waals surface area (Å²) in [5.41, 5.74) is 1.01. The summed E-state index contributed by atoms with van der Waals surface area (Å²) >= 11 is 4.30. The lowest BCUT2D eigenvalue weighted by Gasteiger charge is -2.17. The molecule has 0 saturated heterocycles. The van der Waals surface area contributed by atoms with Gasteiger partial charge in [0.2, 0.25) is 0 Å². The molecule has 66 valence electrons. The van der Waals surface area contributed by atoms with Crippen molar-refractivity contribution in [3.8, 4) is 5.75 Å². The molecule has 12 heavy (non-hydrogen) atoms. The number of nitrogens with zero attached hydrogens (tertiary/aromatic N) is 1. The van der Waals surface area contributed by atoms with Crippen LogP contribution in [0.25, 0.3) is 0 Å². The molecule has 1 aromatic rings. The summed E-state index contributed by atoms with van der Waals surface area (Å²) in [6.07, 6.45) is 0. The Morgan fingerprint density at radius 1 is 1.42 bits per heavy atom. The van der Waals surface area contributed by atoms with Crippen LogP contribution in [-0.4, -0.2) is 13.7 Å². The van der Waals surface area contributed by atoms with E-state index in [1.165, 1.54) is 0 Å².